The van der Waals surface area contributed by atoms with Crippen molar-refractivity contribution >= 4 is 32.1 Å². The number of fused-ring (bicyclic) bond motifs is 1. The van der Waals surface area contributed by atoms with E-state index in [0.717, 1.165) is 11.1 Å². The van der Waals surface area contributed by atoms with Gasteiger partial charge in [0, 0.05) is 11.8 Å². The first-order chi connectivity index (χ1) is 11.0. The van der Waals surface area contributed by atoms with Crippen LogP contribution < -0.4 is 4.74 Å². The van der Waals surface area contributed by atoms with Crippen LogP contribution in [0.25, 0.3) is 6.08 Å². The summed E-state index contributed by atoms with van der Waals surface area (Å²) in [6.07, 6.45) is 4.79. The number of hydrogen-bond acceptors (Lipinski definition) is 5. The second kappa shape index (κ2) is 6.43. The Balaban J connectivity index is 1.70. The van der Waals surface area contributed by atoms with Gasteiger partial charge in [-0.15, -0.1) is 0 Å². The predicted molar refractivity (Wildman–Crippen MR) is 89.7 cm³/mol. The Morgan fingerprint density at radius 3 is 2.74 bits per heavy atom. The van der Waals surface area contributed by atoms with E-state index >= 15 is 0 Å². The van der Waals surface area contributed by atoms with E-state index in [1.165, 1.54) is 12.1 Å². The van der Waals surface area contributed by atoms with Crippen molar-refractivity contribution in [2.24, 2.45) is 0 Å². The molecule has 7 heteroatoms. The van der Waals surface area contributed by atoms with Crippen LogP contribution in [0.1, 0.15) is 11.1 Å². The molecule has 0 fully saturated rings. The van der Waals surface area contributed by atoms with E-state index in [0.29, 0.717) is 10.4 Å². The zero-order valence-electron chi connectivity index (χ0n) is 12.3. The highest BCUT2D eigenvalue weighted by atomic mass is 79.9. The highest BCUT2D eigenvalue weighted by Gasteiger charge is 2.22. The average Bonchev–Trinajstić information content (AvgIpc) is 2.54. The molecule has 0 amide bonds. The lowest BCUT2D eigenvalue weighted by atomic mass is 10.1. The van der Waals surface area contributed by atoms with Gasteiger partial charge in [0.2, 0.25) is 0 Å². The molecule has 0 saturated carbocycles. The molecule has 0 bridgehead atoms. The molecule has 0 unspecified atom stereocenters. The summed E-state index contributed by atoms with van der Waals surface area (Å²) in [4.78, 5) is 4.22. The summed E-state index contributed by atoms with van der Waals surface area (Å²) in [6, 6.07) is 8.32. The number of halogens is 1. The molecule has 1 aromatic carbocycles. The minimum absolute atomic E-state index is 0.104. The number of nitrogens with zero attached hydrogens (tertiary/aromatic N) is 1. The van der Waals surface area contributed by atoms with E-state index in [2.05, 4.69) is 20.9 Å². The van der Waals surface area contributed by atoms with Crippen LogP contribution in [0.5, 0.6) is 5.75 Å². The molecule has 5 nitrogen and oxygen atoms in total. The van der Waals surface area contributed by atoms with Gasteiger partial charge in [-0.3, -0.25) is 4.18 Å². The lowest BCUT2D eigenvalue weighted by Gasteiger charge is -2.21. The molecule has 0 N–H and O–H groups in total. The third kappa shape index (κ3) is 3.63. The first-order valence-corrected chi connectivity index (χ1v) is 9.11. The van der Waals surface area contributed by atoms with E-state index in [4.69, 9.17) is 8.92 Å². The van der Waals surface area contributed by atoms with E-state index in [1.54, 1.807) is 24.4 Å². The molecule has 1 aromatic heterocycles. The van der Waals surface area contributed by atoms with Crippen molar-refractivity contribution in [3.05, 3.63) is 58.3 Å². The Hall–Kier alpha value is -1.70. The smallest absolute Gasteiger partial charge is 0.297 e. The van der Waals surface area contributed by atoms with Crippen molar-refractivity contribution in [1.82, 2.24) is 4.98 Å². The van der Waals surface area contributed by atoms with Crippen molar-refractivity contribution in [2.75, 3.05) is 6.61 Å². The molecule has 0 radical (unpaired) electrons. The van der Waals surface area contributed by atoms with Gasteiger partial charge in [-0.25, -0.2) is 4.98 Å². The lowest BCUT2D eigenvalue weighted by molar-refractivity contribution is 0.164. The average molecular weight is 396 g/mol. The number of ether oxygens (including phenoxy) is 1. The number of aromatic nitrogens is 1. The summed E-state index contributed by atoms with van der Waals surface area (Å²) in [7, 11) is -3.81. The highest BCUT2D eigenvalue weighted by molar-refractivity contribution is 9.10. The topological polar surface area (TPSA) is 65.5 Å². The van der Waals surface area contributed by atoms with Crippen LogP contribution in [-0.4, -0.2) is 26.1 Å². The van der Waals surface area contributed by atoms with Gasteiger partial charge >= 0.3 is 0 Å². The van der Waals surface area contributed by atoms with Crippen LogP contribution in [0.3, 0.4) is 0 Å². The van der Waals surface area contributed by atoms with Gasteiger partial charge in [0.25, 0.3) is 10.1 Å². The molecule has 0 aliphatic carbocycles. The SMILES string of the molecule is Cc1ccc(S(=O)(=O)OC[C@H]2C=Cc3ccnc(Br)c3O2)cc1. The molecule has 1 aliphatic heterocycles. The summed E-state index contributed by atoms with van der Waals surface area (Å²) >= 11 is 3.31. The van der Waals surface area contributed by atoms with Crippen molar-refractivity contribution in [2.45, 2.75) is 17.9 Å². The first-order valence-electron chi connectivity index (χ1n) is 6.91. The molecule has 3 rings (SSSR count). The Morgan fingerprint density at radius 1 is 1.26 bits per heavy atom. The maximum Gasteiger partial charge on any atom is 0.297 e. The van der Waals surface area contributed by atoms with E-state index in [-0.39, 0.29) is 11.5 Å². The maximum absolute atomic E-state index is 12.2. The standard InChI is InChI=1S/C16H14BrNO4S/c1-11-2-6-14(7-3-11)23(19,20)21-10-13-5-4-12-8-9-18-16(17)15(12)22-13/h2-9,13H,10H2,1H3/t13-/m1/s1. The lowest BCUT2D eigenvalue weighted by Crippen LogP contribution is -2.25. The van der Waals surface area contributed by atoms with Crippen LogP contribution in [0.4, 0.5) is 0 Å². The number of aryl methyl sites for hydroxylation is 1. The molecule has 120 valence electrons. The molecule has 0 saturated heterocycles. The number of rotatable bonds is 4. The van der Waals surface area contributed by atoms with Gasteiger partial charge in [0.15, 0.2) is 5.75 Å². The van der Waals surface area contributed by atoms with Gasteiger partial charge in [0.1, 0.15) is 17.3 Å². The van der Waals surface area contributed by atoms with E-state index in [9.17, 15) is 8.42 Å². The fourth-order valence-corrected chi connectivity index (χ4v) is 3.46. The minimum atomic E-state index is -3.81. The Kier molecular flexibility index (Phi) is 4.52. The molecular weight excluding hydrogens is 382 g/mol. The quantitative estimate of drug-likeness (QED) is 0.586. The molecule has 23 heavy (non-hydrogen) atoms. The summed E-state index contributed by atoms with van der Waals surface area (Å²) in [5.41, 5.74) is 1.86. The second-order valence-corrected chi connectivity index (χ2v) is 7.45. The molecule has 2 aromatic rings. The summed E-state index contributed by atoms with van der Waals surface area (Å²) in [5.74, 6) is 0.580. The summed E-state index contributed by atoms with van der Waals surface area (Å²) in [5, 5.41) is 0. The van der Waals surface area contributed by atoms with E-state index < -0.39 is 16.2 Å². The van der Waals surface area contributed by atoms with Gasteiger partial charge in [-0.1, -0.05) is 23.8 Å². The van der Waals surface area contributed by atoms with Crippen LogP contribution >= 0.6 is 15.9 Å². The third-order valence-corrected chi connectivity index (χ3v) is 5.21. The fraction of sp³-hybridized carbons (Fsp3) is 0.188. The number of hydrogen-bond donors (Lipinski definition) is 0. The first kappa shape index (κ1) is 16.2. The van der Waals surface area contributed by atoms with Crippen molar-refractivity contribution in [3.63, 3.8) is 0 Å². The molecular formula is C16H14BrNO4S. The zero-order valence-corrected chi connectivity index (χ0v) is 14.7. The monoisotopic (exact) mass is 395 g/mol. The largest absolute Gasteiger partial charge is 0.480 e. The summed E-state index contributed by atoms with van der Waals surface area (Å²) in [6.45, 7) is 1.79. The van der Waals surface area contributed by atoms with Crippen molar-refractivity contribution in [1.29, 1.82) is 0 Å². The van der Waals surface area contributed by atoms with Gasteiger partial charge in [-0.2, -0.15) is 8.42 Å². The van der Waals surface area contributed by atoms with Gasteiger partial charge < -0.3 is 4.74 Å². The fourth-order valence-electron chi connectivity index (χ4n) is 2.11. The number of benzene rings is 1. The normalized spacial score (nSPS) is 16.7. The minimum Gasteiger partial charge on any atom is -0.480 e. The highest BCUT2D eigenvalue weighted by Crippen LogP contribution is 2.32. The van der Waals surface area contributed by atoms with Gasteiger partial charge in [-0.05, 0) is 47.1 Å². The maximum atomic E-state index is 12.2. The predicted octanol–water partition coefficient (Wildman–Crippen LogP) is 3.33. The Labute approximate surface area is 143 Å². The van der Waals surface area contributed by atoms with Crippen LogP contribution in [0, 0.1) is 6.92 Å². The molecule has 2 heterocycles. The Morgan fingerprint density at radius 2 is 2.00 bits per heavy atom. The molecule has 1 aliphatic rings. The molecule has 1 atom stereocenters. The summed E-state index contributed by atoms with van der Waals surface area (Å²) < 4.78 is 35.8. The van der Waals surface area contributed by atoms with Crippen molar-refractivity contribution < 1.29 is 17.3 Å². The Bertz CT molecular complexity index is 847. The van der Waals surface area contributed by atoms with E-state index in [1.807, 2.05) is 19.1 Å². The number of pyridine rings is 1. The van der Waals surface area contributed by atoms with Crippen LogP contribution in [0.15, 0.2) is 52.1 Å². The third-order valence-electron chi connectivity index (χ3n) is 3.35. The van der Waals surface area contributed by atoms with Crippen molar-refractivity contribution in [3.8, 4) is 5.75 Å². The zero-order chi connectivity index (χ0) is 16.4. The van der Waals surface area contributed by atoms with Crippen LogP contribution in [-0.2, 0) is 14.3 Å². The van der Waals surface area contributed by atoms with Crippen LogP contribution in [0.2, 0.25) is 0 Å². The van der Waals surface area contributed by atoms with Gasteiger partial charge in [0.05, 0.1) is 4.90 Å². The molecule has 0 spiro atoms. The second-order valence-electron chi connectivity index (χ2n) is 5.09.